The van der Waals surface area contributed by atoms with Crippen molar-refractivity contribution < 1.29 is 4.79 Å². The maximum absolute atomic E-state index is 12.4. The summed E-state index contributed by atoms with van der Waals surface area (Å²) in [5.41, 5.74) is 1.48. The Balaban J connectivity index is 1.61. The molecule has 0 radical (unpaired) electrons. The highest BCUT2D eigenvalue weighted by Crippen LogP contribution is 2.34. The summed E-state index contributed by atoms with van der Waals surface area (Å²) in [4.78, 5) is 18.3. The zero-order valence-electron chi connectivity index (χ0n) is 11.9. The van der Waals surface area contributed by atoms with Crippen LogP contribution in [-0.2, 0) is 0 Å². The van der Waals surface area contributed by atoms with Crippen LogP contribution in [0.15, 0.2) is 35.7 Å². The Morgan fingerprint density at radius 1 is 1.23 bits per heavy atom. The number of piperidine rings is 1. The van der Waals surface area contributed by atoms with Crippen LogP contribution in [-0.4, -0.2) is 28.9 Å². The van der Waals surface area contributed by atoms with Gasteiger partial charge in [0.05, 0.1) is 10.7 Å². The van der Waals surface area contributed by atoms with Gasteiger partial charge in [0, 0.05) is 30.0 Å². The standard InChI is InChI=1S/C16H16Cl2N2OS/c17-14(18)13-10-22-15(19-13)11-6-8-20(9-7-11)16(21)12-4-2-1-3-5-12/h1-5,10-11,14H,6-9H2. The second-order valence-corrected chi connectivity index (χ2v) is 7.33. The third-order valence-corrected chi connectivity index (χ3v) is 5.39. The second kappa shape index (κ2) is 6.99. The number of amides is 1. The number of halogens is 2. The molecule has 3 nitrogen and oxygen atoms in total. The number of benzene rings is 1. The van der Waals surface area contributed by atoms with Gasteiger partial charge < -0.3 is 4.90 Å². The molecule has 0 spiro atoms. The fraction of sp³-hybridized carbons (Fsp3) is 0.375. The number of rotatable bonds is 3. The van der Waals surface area contributed by atoms with Crippen molar-refractivity contribution in [3.05, 3.63) is 52.0 Å². The van der Waals surface area contributed by atoms with Gasteiger partial charge in [0.25, 0.3) is 5.91 Å². The van der Waals surface area contributed by atoms with E-state index in [-0.39, 0.29) is 5.91 Å². The molecule has 1 aromatic carbocycles. The Hall–Kier alpha value is -1.10. The van der Waals surface area contributed by atoms with Gasteiger partial charge in [0.15, 0.2) is 0 Å². The average molecular weight is 355 g/mol. The van der Waals surface area contributed by atoms with E-state index < -0.39 is 4.84 Å². The van der Waals surface area contributed by atoms with Crippen LogP contribution in [0.3, 0.4) is 0 Å². The van der Waals surface area contributed by atoms with Gasteiger partial charge in [-0.15, -0.1) is 11.3 Å². The van der Waals surface area contributed by atoms with Gasteiger partial charge >= 0.3 is 0 Å². The summed E-state index contributed by atoms with van der Waals surface area (Å²) in [5.74, 6) is 0.506. The molecule has 2 aromatic rings. The van der Waals surface area contributed by atoms with Gasteiger partial charge in [-0.1, -0.05) is 41.4 Å². The van der Waals surface area contributed by atoms with Crippen LogP contribution in [0.4, 0.5) is 0 Å². The molecule has 0 unspecified atom stereocenters. The van der Waals surface area contributed by atoms with E-state index in [2.05, 4.69) is 4.98 Å². The molecule has 1 aromatic heterocycles. The molecular weight excluding hydrogens is 339 g/mol. The Morgan fingerprint density at radius 2 is 1.91 bits per heavy atom. The Kier molecular flexibility index (Phi) is 5.01. The van der Waals surface area contributed by atoms with E-state index in [1.165, 1.54) is 0 Å². The van der Waals surface area contributed by atoms with Crippen LogP contribution in [0.2, 0.25) is 0 Å². The van der Waals surface area contributed by atoms with E-state index in [1.54, 1.807) is 11.3 Å². The van der Waals surface area contributed by atoms with Crippen molar-refractivity contribution in [2.75, 3.05) is 13.1 Å². The van der Waals surface area contributed by atoms with E-state index in [9.17, 15) is 4.79 Å². The number of hydrogen-bond acceptors (Lipinski definition) is 3. The lowest BCUT2D eigenvalue weighted by Gasteiger charge is -2.31. The molecular formula is C16H16Cl2N2OS. The fourth-order valence-corrected chi connectivity index (χ4v) is 4.07. The van der Waals surface area contributed by atoms with Crippen LogP contribution >= 0.6 is 34.5 Å². The minimum atomic E-state index is -0.565. The first kappa shape index (κ1) is 15.8. The molecule has 3 rings (SSSR count). The number of aromatic nitrogens is 1. The van der Waals surface area contributed by atoms with Crippen molar-refractivity contribution in [2.45, 2.75) is 23.6 Å². The van der Waals surface area contributed by atoms with Crippen LogP contribution in [0.1, 0.15) is 44.7 Å². The molecule has 0 N–H and O–H groups in total. The van der Waals surface area contributed by atoms with Crippen molar-refractivity contribution in [2.24, 2.45) is 0 Å². The molecule has 1 fully saturated rings. The van der Waals surface area contributed by atoms with E-state index in [0.29, 0.717) is 5.92 Å². The quantitative estimate of drug-likeness (QED) is 0.752. The van der Waals surface area contributed by atoms with Crippen LogP contribution in [0.25, 0.3) is 0 Å². The first-order valence-corrected chi connectivity index (χ1v) is 8.98. The lowest BCUT2D eigenvalue weighted by molar-refractivity contribution is 0.0713. The molecule has 0 aliphatic carbocycles. The van der Waals surface area contributed by atoms with E-state index in [1.807, 2.05) is 40.6 Å². The third-order valence-electron chi connectivity index (χ3n) is 3.92. The Labute approximate surface area is 143 Å². The molecule has 1 amide bonds. The van der Waals surface area contributed by atoms with Gasteiger partial charge in [-0.2, -0.15) is 0 Å². The van der Waals surface area contributed by atoms with Gasteiger partial charge in [0.1, 0.15) is 4.84 Å². The smallest absolute Gasteiger partial charge is 0.253 e. The molecule has 0 saturated carbocycles. The molecule has 6 heteroatoms. The van der Waals surface area contributed by atoms with E-state index in [4.69, 9.17) is 23.2 Å². The van der Waals surface area contributed by atoms with E-state index >= 15 is 0 Å². The zero-order valence-corrected chi connectivity index (χ0v) is 14.2. The minimum Gasteiger partial charge on any atom is -0.339 e. The predicted octanol–water partition coefficient (Wildman–Crippen LogP) is 4.64. The molecule has 0 bridgehead atoms. The summed E-state index contributed by atoms with van der Waals surface area (Å²) in [5, 5.41) is 3.00. The fourth-order valence-electron chi connectivity index (χ4n) is 2.68. The van der Waals surface area contributed by atoms with Crippen molar-refractivity contribution in [3.8, 4) is 0 Å². The van der Waals surface area contributed by atoms with Crippen molar-refractivity contribution in [1.29, 1.82) is 0 Å². The maximum Gasteiger partial charge on any atom is 0.253 e. The molecule has 1 aliphatic heterocycles. The summed E-state index contributed by atoms with van der Waals surface area (Å²) in [6.45, 7) is 1.52. The number of likely N-dealkylation sites (tertiary alicyclic amines) is 1. The van der Waals surface area contributed by atoms with Gasteiger partial charge in [-0.25, -0.2) is 4.98 Å². The zero-order chi connectivity index (χ0) is 15.5. The number of carbonyl (C=O) groups excluding carboxylic acids is 1. The number of alkyl halides is 2. The summed E-state index contributed by atoms with van der Waals surface area (Å²) in [7, 11) is 0. The van der Waals surface area contributed by atoms with Gasteiger partial charge in [-0.05, 0) is 25.0 Å². The van der Waals surface area contributed by atoms with Crippen LogP contribution in [0.5, 0.6) is 0 Å². The monoisotopic (exact) mass is 354 g/mol. The lowest BCUT2D eigenvalue weighted by atomic mass is 9.97. The third kappa shape index (κ3) is 3.45. The molecule has 0 atom stereocenters. The maximum atomic E-state index is 12.4. The minimum absolute atomic E-state index is 0.112. The Bertz CT molecular complexity index is 637. The SMILES string of the molecule is O=C(c1ccccc1)N1CCC(c2nc(C(Cl)Cl)cs2)CC1. The summed E-state index contributed by atoms with van der Waals surface area (Å²) in [6.07, 6.45) is 1.86. The highest BCUT2D eigenvalue weighted by molar-refractivity contribution is 7.09. The van der Waals surface area contributed by atoms with Crippen LogP contribution < -0.4 is 0 Å². The van der Waals surface area contributed by atoms with Crippen LogP contribution in [0, 0.1) is 0 Å². The first-order valence-electron chi connectivity index (χ1n) is 7.23. The molecule has 2 heterocycles. The normalized spacial score (nSPS) is 16.2. The van der Waals surface area contributed by atoms with Crippen molar-refractivity contribution >= 4 is 40.4 Å². The average Bonchev–Trinajstić information content (AvgIpc) is 3.05. The Morgan fingerprint density at radius 3 is 2.50 bits per heavy atom. The highest BCUT2D eigenvalue weighted by Gasteiger charge is 2.26. The van der Waals surface area contributed by atoms with Crippen molar-refractivity contribution in [3.63, 3.8) is 0 Å². The molecule has 22 heavy (non-hydrogen) atoms. The summed E-state index contributed by atoms with van der Waals surface area (Å²) in [6, 6.07) is 9.44. The van der Waals surface area contributed by atoms with Gasteiger partial charge in [0.2, 0.25) is 0 Å². The highest BCUT2D eigenvalue weighted by atomic mass is 35.5. The number of carbonyl (C=O) groups is 1. The topological polar surface area (TPSA) is 33.2 Å². The first-order chi connectivity index (χ1) is 10.6. The van der Waals surface area contributed by atoms with Gasteiger partial charge in [-0.3, -0.25) is 4.79 Å². The molecule has 1 saturated heterocycles. The van der Waals surface area contributed by atoms with Crippen molar-refractivity contribution in [1.82, 2.24) is 9.88 Å². The second-order valence-electron chi connectivity index (χ2n) is 5.34. The summed E-state index contributed by atoms with van der Waals surface area (Å²) >= 11 is 13.3. The lowest BCUT2D eigenvalue weighted by Crippen LogP contribution is -2.37. The number of thiazole rings is 1. The largest absolute Gasteiger partial charge is 0.339 e. The molecule has 116 valence electrons. The number of hydrogen-bond donors (Lipinski definition) is 0. The number of nitrogens with zero attached hydrogens (tertiary/aromatic N) is 2. The molecule has 1 aliphatic rings. The summed E-state index contributed by atoms with van der Waals surface area (Å²) < 4.78 is 0. The van der Waals surface area contributed by atoms with E-state index in [0.717, 1.165) is 42.2 Å². The predicted molar refractivity (Wildman–Crippen MR) is 90.9 cm³/mol.